The molecule has 0 aliphatic heterocycles. The maximum atomic E-state index is 12.1. The average Bonchev–Trinajstić information content (AvgIpc) is 2.27. The highest BCUT2D eigenvalue weighted by Gasteiger charge is 2.15. The van der Waals surface area contributed by atoms with Crippen molar-refractivity contribution in [3.8, 4) is 0 Å². The molecule has 2 N–H and O–H groups in total. The summed E-state index contributed by atoms with van der Waals surface area (Å²) in [5.74, 6) is 0.0476. The first-order valence-electron chi connectivity index (χ1n) is 5.93. The van der Waals surface area contributed by atoms with Crippen molar-refractivity contribution in [3.63, 3.8) is 0 Å². The minimum absolute atomic E-state index is 0.0482. The first-order chi connectivity index (χ1) is 8.97. The van der Waals surface area contributed by atoms with Crippen molar-refractivity contribution in [1.29, 1.82) is 0 Å². The number of aromatic amines is 1. The van der Waals surface area contributed by atoms with Gasteiger partial charge in [-0.05, 0) is 38.5 Å². The molecule has 0 saturated carbocycles. The second-order valence-electron chi connectivity index (χ2n) is 4.44. The number of anilines is 1. The van der Waals surface area contributed by atoms with E-state index in [4.69, 9.17) is 0 Å². The number of carbonyl (C=O) groups excluding carboxylic acids is 1. The molecule has 0 saturated heterocycles. The number of carbonyl (C=O) groups is 1. The van der Waals surface area contributed by atoms with E-state index in [0.717, 1.165) is 5.56 Å². The van der Waals surface area contributed by atoms with Crippen LogP contribution >= 0.6 is 0 Å². The molecule has 0 spiro atoms. The van der Waals surface area contributed by atoms with Crippen LogP contribution in [-0.2, 0) is 0 Å². The van der Waals surface area contributed by atoms with Gasteiger partial charge in [0.05, 0.1) is 5.69 Å². The molecule has 0 fully saturated rings. The number of hydrogen-bond acceptors (Lipinski definition) is 3. The molecule has 0 unspecified atom stereocenters. The van der Waals surface area contributed by atoms with Gasteiger partial charge in [-0.3, -0.25) is 9.59 Å². The van der Waals surface area contributed by atoms with Gasteiger partial charge in [0, 0.05) is 5.69 Å². The molecule has 98 valence electrons. The Bertz CT molecular complexity index is 689. The molecule has 0 aliphatic carbocycles. The number of benzene rings is 1. The summed E-state index contributed by atoms with van der Waals surface area (Å²) in [5, 5.41) is 2.70. The summed E-state index contributed by atoms with van der Waals surface area (Å²) in [5.41, 5.74) is 1.74. The third-order valence-corrected chi connectivity index (χ3v) is 2.72. The smallest absolute Gasteiger partial charge is 0.264 e. The minimum atomic E-state index is -0.447. The Morgan fingerprint density at radius 1 is 1.26 bits per heavy atom. The lowest BCUT2D eigenvalue weighted by atomic mass is 10.2. The third-order valence-electron chi connectivity index (χ3n) is 2.72. The first-order valence-corrected chi connectivity index (χ1v) is 5.93. The summed E-state index contributed by atoms with van der Waals surface area (Å²) in [6.45, 7) is 5.26. The standard InChI is InChI=1S/C14H15N3O2/c1-8-5-4-6-11(7-8)17-14(19)12-9(2)15-10(3)16-13(12)18/h4-7H,1-3H3,(H,17,19)(H,15,16,18). The van der Waals surface area contributed by atoms with Gasteiger partial charge in [-0.2, -0.15) is 0 Å². The summed E-state index contributed by atoms with van der Waals surface area (Å²) in [7, 11) is 0. The Labute approximate surface area is 110 Å². The van der Waals surface area contributed by atoms with Crippen molar-refractivity contribution in [2.75, 3.05) is 5.32 Å². The zero-order valence-electron chi connectivity index (χ0n) is 11.1. The first kappa shape index (κ1) is 13.0. The Hall–Kier alpha value is -2.43. The number of aromatic nitrogens is 2. The van der Waals surface area contributed by atoms with Gasteiger partial charge in [-0.25, -0.2) is 4.98 Å². The van der Waals surface area contributed by atoms with Crippen LogP contribution in [0.4, 0.5) is 5.69 Å². The van der Waals surface area contributed by atoms with E-state index in [9.17, 15) is 9.59 Å². The number of hydrogen-bond donors (Lipinski definition) is 2. The molecule has 19 heavy (non-hydrogen) atoms. The van der Waals surface area contributed by atoms with Crippen LogP contribution in [0.5, 0.6) is 0 Å². The van der Waals surface area contributed by atoms with Crippen molar-refractivity contribution in [2.45, 2.75) is 20.8 Å². The summed E-state index contributed by atoms with van der Waals surface area (Å²) in [6.07, 6.45) is 0. The van der Waals surface area contributed by atoms with E-state index < -0.39 is 11.5 Å². The molecule has 5 nitrogen and oxygen atoms in total. The molecule has 0 atom stereocenters. The highest BCUT2D eigenvalue weighted by Crippen LogP contribution is 2.11. The maximum Gasteiger partial charge on any atom is 0.264 e. The molecule has 0 bridgehead atoms. The zero-order chi connectivity index (χ0) is 14.0. The van der Waals surface area contributed by atoms with Crippen LogP contribution < -0.4 is 10.9 Å². The normalized spacial score (nSPS) is 10.3. The SMILES string of the molecule is Cc1cccc(NC(=O)c2c(C)nc(C)[nH]c2=O)c1. The van der Waals surface area contributed by atoms with Crippen molar-refractivity contribution >= 4 is 11.6 Å². The van der Waals surface area contributed by atoms with Gasteiger partial charge in [-0.15, -0.1) is 0 Å². The van der Waals surface area contributed by atoms with Crippen LogP contribution in [0.1, 0.15) is 27.4 Å². The van der Waals surface area contributed by atoms with Gasteiger partial charge in [0.25, 0.3) is 11.5 Å². The van der Waals surface area contributed by atoms with Crippen LogP contribution in [0.15, 0.2) is 29.1 Å². The topological polar surface area (TPSA) is 74.8 Å². The van der Waals surface area contributed by atoms with Gasteiger partial charge in [0.15, 0.2) is 0 Å². The van der Waals surface area contributed by atoms with Crippen molar-refractivity contribution in [3.05, 3.63) is 57.3 Å². The van der Waals surface area contributed by atoms with E-state index in [-0.39, 0.29) is 5.56 Å². The summed E-state index contributed by atoms with van der Waals surface area (Å²) >= 11 is 0. The summed E-state index contributed by atoms with van der Waals surface area (Å²) in [4.78, 5) is 30.5. The van der Waals surface area contributed by atoms with Gasteiger partial charge in [0.2, 0.25) is 0 Å². The second-order valence-corrected chi connectivity index (χ2v) is 4.44. The van der Waals surface area contributed by atoms with Crippen LogP contribution in [-0.4, -0.2) is 15.9 Å². The molecule has 0 aliphatic rings. The zero-order valence-corrected chi connectivity index (χ0v) is 11.1. The van der Waals surface area contributed by atoms with E-state index in [2.05, 4.69) is 15.3 Å². The number of nitrogens with one attached hydrogen (secondary N) is 2. The van der Waals surface area contributed by atoms with E-state index in [1.165, 1.54) is 0 Å². The van der Waals surface area contributed by atoms with E-state index in [1.807, 2.05) is 25.1 Å². The maximum absolute atomic E-state index is 12.1. The molecular formula is C14H15N3O2. The van der Waals surface area contributed by atoms with Crippen LogP contribution in [0, 0.1) is 20.8 Å². The fourth-order valence-corrected chi connectivity index (χ4v) is 1.91. The third kappa shape index (κ3) is 2.88. The number of H-pyrrole nitrogens is 1. The lowest BCUT2D eigenvalue weighted by molar-refractivity contribution is 0.102. The van der Waals surface area contributed by atoms with E-state index in [1.54, 1.807) is 19.9 Å². The fourth-order valence-electron chi connectivity index (χ4n) is 1.91. The predicted octanol–water partition coefficient (Wildman–Crippen LogP) is 1.95. The van der Waals surface area contributed by atoms with Gasteiger partial charge in [-0.1, -0.05) is 12.1 Å². The molecule has 1 amide bonds. The number of nitrogens with zero attached hydrogens (tertiary/aromatic N) is 1. The molecule has 1 heterocycles. The second kappa shape index (κ2) is 5.06. The monoisotopic (exact) mass is 257 g/mol. The van der Waals surface area contributed by atoms with E-state index >= 15 is 0 Å². The molecule has 1 aromatic carbocycles. The Morgan fingerprint density at radius 3 is 2.63 bits per heavy atom. The number of aryl methyl sites for hydroxylation is 3. The molecule has 0 radical (unpaired) electrons. The molecular weight excluding hydrogens is 242 g/mol. The van der Waals surface area contributed by atoms with Crippen molar-refractivity contribution in [1.82, 2.24) is 9.97 Å². The molecule has 1 aromatic heterocycles. The Morgan fingerprint density at radius 2 is 2.00 bits per heavy atom. The molecule has 2 rings (SSSR count). The van der Waals surface area contributed by atoms with Crippen LogP contribution in [0.3, 0.4) is 0 Å². The lowest BCUT2D eigenvalue weighted by Gasteiger charge is -2.07. The average molecular weight is 257 g/mol. The fraction of sp³-hybridized carbons (Fsp3) is 0.214. The number of amides is 1. The highest BCUT2D eigenvalue weighted by molar-refractivity contribution is 6.04. The summed E-state index contributed by atoms with van der Waals surface area (Å²) in [6, 6.07) is 7.38. The van der Waals surface area contributed by atoms with Crippen molar-refractivity contribution in [2.24, 2.45) is 0 Å². The van der Waals surface area contributed by atoms with Crippen LogP contribution in [0.25, 0.3) is 0 Å². The number of rotatable bonds is 2. The van der Waals surface area contributed by atoms with E-state index in [0.29, 0.717) is 17.2 Å². The minimum Gasteiger partial charge on any atom is -0.322 e. The van der Waals surface area contributed by atoms with Crippen molar-refractivity contribution < 1.29 is 4.79 Å². The summed E-state index contributed by atoms with van der Waals surface area (Å²) < 4.78 is 0. The molecule has 2 aromatic rings. The molecule has 5 heteroatoms. The predicted molar refractivity (Wildman–Crippen MR) is 73.5 cm³/mol. The lowest BCUT2D eigenvalue weighted by Crippen LogP contribution is -2.26. The Kier molecular flexibility index (Phi) is 3.46. The highest BCUT2D eigenvalue weighted by atomic mass is 16.2. The largest absolute Gasteiger partial charge is 0.322 e. The van der Waals surface area contributed by atoms with Gasteiger partial charge in [0.1, 0.15) is 11.4 Å². The van der Waals surface area contributed by atoms with Crippen LogP contribution in [0.2, 0.25) is 0 Å². The van der Waals surface area contributed by atoms with Gasteiger partial charge < -0.3 is 10.3 Å². The van der Waals surface area contributed by atoms with Gasteiger partial charge >= 0.3 is 0 Å². The Balaban J connectivity index is 2.33. The quantitative estimate of drug-likeness (QED) is 0.863.